The third-order valence-corrected chi connectivity index (χ3v) is 12.3. The molecule has 2 aromatic rings. The van der Waals surface area contributed by atoms with Gasteiger partial charge in [0.25, 0.3) is 0 Å². The summed E-state index contributed by atoms with van der Waals surface area (Å²) in [6.07, 6.45) is 4.97. The summed E-state index contributed by atoms with van der Waals surface area (Å²) in [5.41, 5.74) is 1.40. The van der Waals surface area contributed by atoms with Crippen molar-refractivity contribution in [2.24, 2.45) is 17.8 Å². The van der Waals surface area contributed by atoms with E-state index in [1.54, 1.807) is 12.1 Å². The standard InChI is InChI=1S/C32H40N4O4S/c33-22-32(24-5-2-1-3-6-24,29-7-4-8-30(29)34-31(37)38)25-15-17-35(18-16-25)19-23-20-36(21-23)26-9-11-27(12-10-26)41(39,40)28-13-14-28/h1-3,5-6,9-12,23,25,28-30,34H,4,7-8,13-21H2,(H,37,38)/t29-,30-,32?/m1/s1. The number of hydrogen-bond donors (Lipinski definition) is 2. The van der Waals surface area contributed by atoms with Gasteiger partial charge < -0.3 is 20.2 Å². The maximum Gasteiger partial charge on any atom is 0.404 e. The number of carboxylic acid groups (broad SMARTS) is 1. The van der Waals surface area contributed by atoms with Crippen LogP contribution in [0.4, 0.5) is 10.5 Å². The monoisotopic (exact) mass is 576 g/mol. The Morgan fingerprint density at radius 2 is 1.66 bits per heavy atom. The minimum Gasteiger partial charge on any atom is -0.465 e. The highest BCUT2D eigenvalue weighted by Gasteiger charge is 2.52. The normalized spacial score (nSPS) is 25.7. The molecule has 4 aliphatic rings. The number of anilines is 1. The van der Waals surface area contributed by atoms with Gasteiger partial charge in [0.05, 0.1) is 21.6 Å². The number of nitrogens with one attached hydrogen (secondary N) is 1. The van der Waals surface area contributed by atoms with Crippen LogP contribution < -0.4 is 10.2 Å². The Bertz CT molecular complexity index is 1380. The molecule has 0 bridgehead atoms. The zero-order chi connectivity index (χ0) is 28.6. The lowest BCUT2D eigenvalue weighted by Gasteiger charge is -2.48. The van der Waals surface area contributed by atoms with Crippen molar-refractivity contribution in [3.63, 3.8) is 0 Å². The van der Waals surface area contributed by atoms with Gasteiger partial charge in [-0.15, -0.1) is 0 Å². The average Bonchev–Trinajstić information content (AvgIpc) is 3.74. The van der Waals surface area contributed by atoms with Gasteiger partial charge in [0, 0.05) is 43.2 Å². The van der Waals surface area contributed by atoms with Crippen LogP contribution in [-0.4, -0.2) is 68.5 Å². The fourth-order valence-electron chi connectivity index (χ4n) is 7.79. The molecule has 2 saturated heterocycles. The van der Waals surface area contributed by atoms with Crippen molar-refractivity contribution in [1.29, 1.82) is 5.26 Å². The number of nitrogens with zero attached hydrogens (tertiary/aromatic N) is 3. The summed E-state index contributed by atoms with van der Waals surface area (Å²) in [6, 6.07) is 20.1. The highest BCUT2D eigenvalue weighted by atomic mass is 32.2. The SMILES string of the molecule is N#CC(c1ccccc1)(C1CCN(CC2CN(c3ccc(S(=O)(=O)C4CC4)cc3)C2)CC1)[C@@H]1CCC[C@H]1NC(=O)O. The van der Waals surface area contributed by atoms with Crippen molar-refractivity contribution in [3.8, 4) is 6.07 Å². The smallest absolute Gasteiger partial charge is 0.404 e. The number of nitriles is 1. The Morgan fingerprint density at radius 3 is 2.27 bits per heavy atom. The maximum absolute atomic E-state index is 12.5. The van der Waals surface area contributed by atoms with Gasteiger partial charge in [0.2, 0.25) is 0 Å². The molecule has 6 rings (SSSR count). The molecular formula is C32H40N4O4S. The quantitative estimate of drug-likeness (QED) is 0.446. The van der Waals surface area contributed by atoms with Crippen molar-refractivity contribution in [3.05, 3.63) is 60.2 Å². The van der Waals surface area contributed by atoms with Crippen molar-refractivity contribution >= 4 is 21.6 Å². The van der Waals surface area contributed by atoms with Gasteiger partial charge in [-0.05, 0) is 87.4 Å². The molecular weight excluding hydrogens is 536 g/mol. The molecule has 3 atom stereocenters. The predicted octanol–water partition coefficient (Wildman–Crippen LogP) is 4.67. The van der Waals surface area contributed by atoms with E-state index < -0.39 is 21.3 Å². The van der Waals surface area contributed by atoms with Crippen LogP contribution in [0.1, 0.15) is 50.5 Å². The summed E-state index contributed by atoms with van der Waals surface area (Å²) in [6.45, 7) is 4.83. The summed E-state index contributed by atoms with van der Waals surface area (Å²) in [4.78, 5) is 16.9. The van der Waals surface area contributed by atoms with E-state index in [1.807, 2.05) is 30.3 Å². The molecule has 218 valence electrons. The fraction of sp³-hybridized carbons (Fsp3) is 0.562. The molecule has 9 heteroatoms. The van der Waals surface area contributed by atoms with Crippen LogP contribution >= 0.6 is 0 Å². The Hall–Kier alpha value is -3.09. The summed E-state index contributed by atoms with van der Waals surface area (Å²) in [5.74, 6) is 0.708. The number of rotatable bonds is 9. The molecule has 41 heavy (non-hydrogen) atoms. The molecule has 2 aliphatic heterocycles. The van der Waals surface area contributed by atoms with Gasteiger partial charge in [-0.2, -0.15) is 5.26 Å². The largest absolute Gasteiger partial charge is 0.465 e. The average molecular weight is 577 g/mol. The number of carbonyl (C=O) groups is 1. The molecule has 2 N–H and O–H groups in total. The first-order valence-electron chi connectivity index (χ1n) is 15.1. The lowest BCUT2D eigenvalue weighted by molar-refractivity contribution is 0.0950. The molecule has 2 heterocycles. The number of likely N-dealkylation sites (tertiary alicyclic amines) is 1. The van der Waals surface area contributed by atoms with Gasteiger partial charge in [-0.25, -0.2) is 13.2 Å². The van der Waals surface area contributed by atoms with Crippen LogP contribution in [0, 0.1) is 29.1 Å². The molecule has 8 nitrogen and oxygen atoms in total. The predicted molar refractivity (Wildman–Crippen MR) is 158 cm³/mol. The lowest BCUT2D eigenvalue weighted by Crippen LogP contribution is -2.55. The third-order valence-electron chi connectivity index (χ3n) is 10.0. The van der Waals surface area contributed by atoms with Gasteiger partial charge in [0.1, 0.15) is 0 Å². The second kappa shape index (κ2) is 11.3. The first-order chi connectivity index (χ1) is 19.8. The minimum atomic E-state index is -3.15. The minimum absolute atomic E-state index is 0.0339. The first kappa shape index (κ1) is 28.0. The Labute approximate surface area is 243 Å². The number of piperidine rings is 1. The maximum atomic E-state index is 12.5. The second-order valence-electron chi connectivity index (χ2n) is 12.5. The van der Waals surface area contributed by atoms with Crippen LogP contribution in [-0.2, 0) is 15.3 Å². The summed E-state index contributed by atoms with van der Waals surface area (Å²) in [7, 11) is -3.15. The number of benzene rings is 2. The fourth-order valence-corrected chi connectivity index (χ4v) is 9.45. The van der Waals surface area contributed by atoms with Crippen LogP contribution in [0.2, 0.25) is 0 Å². The lowest BCUT2D eigenvalue weighted by atomic mass is 9.59. The number of amides is 1. The molecule has 4 fully saturated rings. The highest BCUT2D eigenvalue weighted by Crippen LogP contribution is 2.50. The van der Waals surface area contributed by atoms with E-state index in [1.165, 1.54) is 0 Å². The second-order valence-corrected chi connectivity index (χ2v) is 14.8. The molecule has 0 aromatic heterocycles. The zero-order valence-electron chi connectivity index (χ0n) is 23.5. The Morgan fingerprint density at radius 1 is 0.976 bits per heavy atom. The van der Waals surface area contributed by atoms with Gasteiger partial charge in [0.15, 0.2) is 9.84 Å². The van der Waals surface area contributed by atoms with Gasteiger partial charge in [-0.1, -0.05) is 36.8 Å². The number of sulfone groups is 1. The summed E-state index contributed by atoms with van der Waals surface area (Å²) >= 11 is 0. The van der Waals surface area contributed by atoms with Crippen molar-refractivity contribution in [1.82, 2.24) is 10.2 Å². The molecule has 0 radical (unpaired) electrons. The highest BCUT2D eigenvalue weighted by molar-refractivity contribution is 7.92. The van der Waals surface area contributed by atoms with E-state index >= 15 is 0 Å². The van der Waals surface area contributed by atoms with E-state index in [2.05, 4.69) is 33.3 Å². The van der Waals surface area contributed by atoms with Crippen molar-refractivity contribution in [2.75, 3.05) is 37.6 Å². The topological polar surface area (TPSA) is 114 Å². The molecule has 1 unspecified atom stereocenters. The van der Waals surface area contributed by atoms with E-state index in [0.717, 1.165) is 88.9 Å². The number of hydrogen-bond acceptors (Lipinski definition) is 6. The van der Waals surface area contributed by atoms with Crippen molar-refractivity contribution in [2.45, 2.75) is 66.5 Å². The summed E-state index contributed by atoms with van der Waals surface area (Å²) < 4.78 is 25.0. The van der Waals surface area contributed by atoms with Crippen LogP contribution in [0.15, 0.2) is 59.5 Å². The van der Waals surface area contributed by atoms with Crippen LogP contribution in [0.25, 0.3) is 0 Å². The first-order valence-corrected chi connectivity index (χ1v) is 16.6. The molecule has 0 spiro atoms. The Kier molecular flexibility index (Phi) is 7.73. The van der Waals surface area contributed by atoms with Crippen molar-refractivity contribution < 1.29 is 18.3 Å². The van der Waals surface area contributed by atoms with E-state index in [0.29, 0.717) is 10.8 Å². The van der Waals surface area contributed by atoms with E-state index in [9.17, 15) is 23.6 Å². The molecule has 1 amide bonds. The zero-order valence-corrected chi connectivity index (χ0v) is 24.3. The van der Waals surface area contributed by atoms with E-state index in [4.69, 9.17) is 0 Å². The van der Waals surface area contributed by atoms with Gasteiger partial charge in [-0.3, -0.25) is 0 Å². The van der Waals surface area contributed by atoms with Crippen LogP contribution in [0.3, 0.4) is 0 Å². The molecule has 2 saturated carbocycles. The third kappa shape index (κ3) is 5.44. The Balaban J connectivity index is 1.07. The van der Waals surface area contributed by atoms with Gasteiger partial charge >= 0.3 is 6.09 Å². The molecule has 2 aliphatic carbocycles. The van der Waals surface area contributed by atoms with Crippen LogP contribution in [0.5, 0.6) is 0 Å². The molecule has 2 aromatic carbocycles. The van der Waals surface area contributed by atoms with E-state index in [-0.39, 0.29) is 23.1 Å². The summed E-state index contributed by atoms with van der Waals surface area (Å²) in [5, 5.41) is 22.9.